The Hall–Kier alpha value is -7.81. The summed E-state index contributed by atoms with van der Waals surface area (Å²) in [6.45, 7) is 12.4. The fourth-order valence-corrected chi connectivity index (χ4v) is 8.31. The lowest BCUT2D eigenvalue weighted by Gasteiger charge is -2.22. The molecule has 5 heteroatoms. The third-order valence-corrected chi connectivity index (χ3v) is 11.5. The zero-order valence-corrected chi connectivity index (χ0v) is 32.6. The van der Waals surface area contributed by atoms with Gasteiger partial charge in [0.25, 0.3) is 0 Å². The van der Waals surface area contributed by atoms with Crippen molar-refractivity contribution in [1.29, 1.82) is 0 Å². The molecule has 0 N–H and O–H groups in total. The molecule has 1 aliphatic carbocycles. The number of fused-ring (bicyclic) bond motifs is 3. The van der Waals surface area contributed by atoms with Gasteiger partial charge in [-0.15, -0.1) is 0 Å². The second kappa shape index (κ2) is 14.6. The summed E-state index contributed by atoms with van der Waals surface area (Å²) in [7, 11) is 0. The molecule has 0 amide bonds. The number of rotatable bonds is 7. The number of hydrogen-bond acceptors (Lipinski definition) is 4. The zero-order valence-electron chi connectivity index (χ0n) is 32.6. The quantitative estimate of drug-likeness (QED) is 0.152. The first kappa shape index (κ1) is 35.6. The van der Waals surface area contributed by atoms with Gasteiger partial charge in [-0.05, 0) is 97.1 Å². The van der Waals surface area contributed by atoms with Crippen LogP contribution in [0.5, 0.6) is 0 Å². The van der Waals surface area contributed by atoms with Crippen molar-refractivity contribution in [3.8, 4) is 89.8 Å². The average molecular weight is 756 g/mol. The minimum absolute atomic E-state index is 0.270. The molecule has 2 heterocycles. The number of hydrogen-bond donors (Lipinski definition) is 0. The molecule has 5 nitrogen and oxygen atoms in total. The van der Waals surface area contributed by atoms with Crippen molar-refractivity contribution in [3.05, 3.63) is 211 Å². The van der Waals surface area contributed by atoms with Gasteiger partial charge in [-0.3, -0.25) is 4.98 Å². The van der Waals surface area contributed by atoms with Crippen LogP contribution in [0.4, 0.5) is 5.69 Å². The van der Waals surface area contributed by atoms with Gasteiger partial charge < -0.3 is 0 Å². The second-order valence-electron chi connectivity index (χ2n) is 15.4. The van der Waals surface area contributed by atoms with Gasteiger partial charge in [0.05, 0.1) is 6.57 Å². The largest absolute Gasteiger partial charge is 0.264 e. The van der Waals surface area contributed by atoms with Crippen LogP contribution in [0, 0.1) is 6.57 Å². The Morgan fingerprint density at radius 2 is 0.898 bits per heavy atom. The van der Waals surface area contributed by atoms with Crippen molar-refractivity contribution in [3.63, 3.8) is 0 Å². The van der Waals surface area contributed by atoms with Crippen LogP contribution in [0.2, 0.25) is 0 Å². The summed E-state index contributed by atoms with van der Waals surface area (Å²) in [4.78, 5) is 23.6. The summed E-state index contributed by atoms with van der Waals surface area (Å²) in [6.07, 6.45) is 3.68. The zero-order chi connectivity index (χ0) is 39.9. The Morgan fingerprint density at radius 3 is 1.53 bits per heavy atom. The molecular formula is C54H37N5. The lowest BCUT2D eigenvalue weighted by molar-refractivity contribution is 0.661. The Kier molecular flexibility index (Phi) is 8.81. The maximum absolute atomic E-state index is 7.92. The predicted molar refractivity (Wildman–Crippen MR) is 239 cm³/mol. The van der Waals surface area contributed by atoms with Crippen molar-refractivity contribution >= 4 is 5.69 Å². The highest BCUT2D eigenvalue weighted by molar-refractivity contribution is 5.92. The van der Waals surface area contributed by atoms with Crippen LogP contribution in [0.1, 0.15) is 25.0 Å². The van der Waals surface area contributed by atoms with Gasteiger partial charge in [0, 0.05) is 34.5 Å². The molecule has 0 spiro atoms. The summed E-state index contributed by atoms with van der Waals surface area (Å²) in [5.74, 6) is 1.80. The van der Waals surface area contributed by atoms with E-state index < -0.39 is 0 Å². The molecule has 0 bridgehead atoms. The van der Waals surface area contributed by atoms with Crippen LogP contribution < -0.4 is 0 Å². The predicted octanol–water partition coefficient (Wildman–Crippen LogP) is 13.8. The molecule has 0 fully saturated rings. The normalized spacial score (nSPS) is 12.4. The van der Waals surface area contributed by atoms with Crippen molar-refractivity contribution < 1.29 is 0 Å². The van der Waals surface area contributed by atoms with E-state index in [0.717, 1.165) is 72.3 Å². The van der Waals surface area contributed by atoms with Gasteiger partial charge in [0.15, 0.2) is 23.2 Å². The van der Waals surface area contributed by atoms with E-state index in [4.69, 9.17) is 21.5 Å². The topological polar surface area (TPSA) is 55.9 Å². The van der Waals surface area contributed by atoms with E-state index in [-0.39, 0.29) is 5.41 Å². The third-order valence-electron chi connectivity index (χ3n) is 11.5. The Balaban J connectivity index is 1.14. The molecule has 0 radical (unpaired) electrons. The fourth-order valence-electron chi connectivity index (χ4n) is 8.31. The molecule has 7 aromatic carbocycles. The van der Waals surface area contributed by atoms with E-state index in [0.29, 0.717) is 23.2 Å². The molecule has 278 valence electrons. The molecule has 59 heavy (non-hydrogen) atoms. The number of aromatic nitrogens is 4. The average Bonchev–Trinajstić information content (AvgIpc) is 3.55. The lowest BCUT2D eigenvalue weighted by atomic mass is 9.81. The highest BCUT2D eigenvalue weighted by Gasteiger charge is 2.36. The van der Waals surface area contributed by atoms with Crippen LogP contribution in [-0.2, 0) is 5.41 Å². The van der Waals surface area contributed by atoms with Crippen LogP contribution in [-0.4, -0.2) is 19.9 Å². The molecular weight excluding hydrogens is 719 g/mol. The van der Waals surface area contributed by atoms with Crippen LogP contribution in [0.15, 0.2) is 188 Å². The SMILES string of the molecule is [C-]#[N+]c1cccc2c1-c1ccc(-c3cc(-c4ccc(-c5cccnc5)cc4)cc(-c4nc(-c5ccccc5)nc(-c5ccc(-c6ccccc6)cc5)n4)c3)cc1C2(C)C. The highest BCUT2D eigenvalue weighted by atomic mass is 15.0. The number of pyridine rings is 1. The number of nitrogens with zero attached hydrogens (tertiary/aromatic N) is 5. The first-order valence-electron chi connectivity index (χ1n) is 19.7. The second-order valence-corrected chi connectivity index (χ2v) is 15.4. The third kappa shape index (κ3) is 6.57. The molecule has 0 saturated heterocycles. The van der Waals surface area contributed by atoms with Crippen molar-refractivity contribution in [1.82, 2.24) is 19.9 Å². The summed E-state index contributed by atoms with van der Waals surface area (Å²) in [5, 5.41) is 0. The summed E-state index contributed by atoms with van der Waals surface area (Å²) in [6, 6.07) is 61.0. The van der Waals surface area contributed by atoms with Crippen LogP contribution >= 0.6 is 0 Å². The number of benzene rings is 7. The van der Waals surface area contributed by atoms with Crippen LogP contribution in [0.25, 0.3) is 94.6 Å². The molecule has 0 atom stereocenters. The molecule has 0 aliphatic heterocycles. The van der Waals surface area contributed by atoms with E-state index in [1.54, 1.807) is 6.20 Å². The van der Waals surface area contributed by atoms with Gasteiger partial charge in [0.1, 0.15) is 0 Å². The van der Waals surface area contributed by atoms with E-state index in [1.165, 1.54) is 11.1 Å². The standard InChI is InChI=1S/C54H37N5/c1-54(2)47-17-10-18-49(55-3)50(47)46-28-27-41(33-48(46)54)44-30-43(38-21-19-37(20-22-38)42-16-11-29-56-34-42)31-45(32-44)53-58-51(39-14-8-5-9-15-39)57-52(59-53)40-25-23-36(24-26-40)35-12-6-4-7-13-35/h4-34H,1-2H3. The Bertz CT molecular complexity index is 3040. The molecule has 0 unspecified atom stereocenters. The van der Waals surface area contributed by atoms with E-state index in [1.807, 2.05) is 60.8 Å². The van der Waals surface area contributed by atoms with Gasteiger partial charge in [0.2, 0.25) is 0 Å². The van der Waals surface area contributed by atoms with Crippen molar-refractivity contribution in [2.24, 2.45) is 0 Å². The maximum atomic E-state index is 7.92. The first-order chi connectivity index (χ1) is 28.9. The molecule has 9 aromatic rings. The molecule has 1 aliphatic rings. The smallest absolute Gasteiger partial charge is 0.195 e. The van der Waals surface area contributed by atoms with Crippen molar-refractivity contribution in [2.75, 3.05) is 0 Å². The Labute approximate surface area is 344 Å². The van der Waals surface area contributed by atoms with E-state index in [9.17, 15) is 0 Å². The Morgan fingerprint density at radius 1 is 0.407 bits per heavy atom. The first-order valence-corrected chi connectivity index (χ1v) is 19.7. The monoisotopic (exact) mass is 755 g/mol. The van der Waals surface area contributed by atoms with Gasteiger partial charge in [-0.25, -0.2) is 19.8 Å². The molecule has 0 saturated carbocycles. The minimum Gasteiger partial charge on any atom is -0.264 e. The van der Waals surface area contributed by atoms with E-state index >= 15 is 0 Å². The van der Waals surface area contributed by atoms with E-state index in [2.05, 4.69) is 145 Å². The minimum atomic E-state index is -0.270. The fraction of sp³-hybridized carbons (Fsp3) is 0.0556. The highest BCUT2D eigenvalue weighted by Crippen LogP contribution is 2.53. The molecule has 10 rings (SSSR count). The summed E-state index contributed by atoms with van der Waals surface area (Å²) < 4.78 is 0. The summed E-state index contributed by atoms with van der Waals surface area (Å²) >= 11 is 0. The van der Waals surface area contributed by atoms with Crippen molar-refractivity contribution in [2.45, 2.75) is 19.3 Å². The van der Waals surface area contributed by atoms with Crippen LogP contribution in [0.3, 0.4) is 0 Å². The van der Waals surface area contributed by atoms with Gasteiger partial charge in [-0.1, -0.05) is 159 Å². The summed E-state index contributed by atoms with van der Waals surface area (Å²) in [5.41, 5.74) is 16.4. The maximum Gasteiger partial charge on any atom is 0.195 e. The van der Waals surface area contributed by atoms with Gasteiger partial charge in [-0.2, -0.15) is 0 Å². The molecule has 2 aromatic heterocycles. The lowest BCUT2D eigenvalue weighted by Crippen LogP contribution is -2.14. The van der Waals surface area contributed by atoms with Gasteiger partial charge >= 0.3 is 0 Å².